The summed E-state index contributed by atoms with van der Waals surface area (Å²) < 4.78 is 0. The average Bonchev–Trinajstić information content (AvgIpc) is 2.44. The van der Waals surface area contributed by atoms with Gasteiger partial charge in [0, 0.05) is 0 Å². The van der Waals surface area contributed by atoms with E-state index in [1.165, 1.54) is 17.5 Å². The van der Waals surface area contributed by atoms with E-state index >= 15 is 0 Å². The molecule has 1 aromatic rings. The minimum atomic E-state index is 0.305. The maximum Gasteiger partial charge on any atom is -0.0103 e. The summed E-state index contributed by atoms with van der Waals surface area (Å²) in [5.41, 5.74) is 3.62. The Balaban J connectivity index is 3.21. The van der Waals surface area contributed by atoms with Crippen LogP contribution in [0.2, 0.25) is 0 Å². The van der Waals surface area contributed by atoms with Crippen molar-refractivity contribution in [3.8, 4) is 0 Å². The summed E-state index contributed by atoms with van der Waals surface area (Å²) in [6, 6.07) is 9.40. The molecule has 0 radical (unpaired) electrons. The van der Waals surface area contributed by atoms with Crippen molar-refractivity contribution in [1.82, 2.24) is 0 Å². The second-order valence-electron chi connectivity index (χ2n) is 8.97. The van der Waals surface area contributed by atoms with Gasteiger partial charge in [-0.15, -0.1) is 0 Å². The predicted octanol–water partition coefficient (Wildman–Crippen LogP) is 7.09. The van der Waals surface area contributed by atoms with Crippen LogP contribution in [0, 0.1) is 22.7 Å². The first-order valence-corrected chi connectivity index (χ1v) is 9.11. The van der Waals surface area contributed by atoms with Crippen molar-refractivity contribution in [2.75, 3.05) is 0 Å². The molecule has 0 heterocycles. The van der Waals surface area contributed by atoms with Crippen LogP contribution in [0.3, 0.4) is 0 Å². The van der Waals surface area contributed by atoms with E-state index in [1.807, 2.05) is 0 Å². The van der Waals surface area contributed by atoms with Gasteiger partial charge in [-0.3, -0.25) is 0 Å². The van der Waals surface area contributed by atoms with Crippen LogP contribution in [0.25, 0.3) is 0 Å². The van der Waals surface area contributed by atoms with Crippen molar-refractivity contribution in [3.63, 3.8) is 0 Å². The fourth-order valence-corrected chi connectivity index (χ4v) is 2.96. The molecule has 1 aromatic carbocycles. The molecule has 0 aliphatic heterocycles. The number of benzene rings is 1. The van der Waals surface area contributed by atoms with Gasteiger partial charge in [0.25, 0.3) is 0 Å². The SMILES string of the molecule is CCc1ccc(C(CC(C)(C)C(C)C)C(C)(C)C(C)C)cc1. The van der Waals surface area contributed by atoms with Gasteiger partial charge in [0.05, 0.1) is 0 Å². The van der Waals surface area contributed by atoms with Gasteiger partial charge >= 0.3 is 0 Å². The van der Waals surface area contributed by atoms with Gasteiger partial charge in [0.15, 0.2) is 0 Å². The molecule has 0 N–H and O–H groups in total. The van der Waals surface area contributed by atoms with Gasteiger partial charge in [-0.25, -0.2) is 0 Å². The van der Waals surface area contributed by atoms with Crippen molar-refractivity contribution in [3.05, 3.63) is 35.4 Å². The van der Waals surface area contributed by atoms with E-state index in [9.17, 15) is 0 Å². The summed E-state index contributed by atoms with van der Waals surface area (Å²) >= 11 is 0. The summed E-state index contributed by atoms with van der Waals surface area (Å²) in [7, 11) is 0. The Morgan fingerprint density at radius 3 is 1.68 bits per heavy atom. The Morgan fingerprint density at radius 1 is 0.818 bits per heavy atom. The van der Waals surface area contributed by atoms with Gasteiger partial charge in [0.1, 0.15) is 0 Å². The molecule has 0 aromatic heterocycles. The van der Waals surface area contributed by atoms with Crippen molar-refractivity contribution < 1.29 is 0 Å². The zero-order chi connectivity index (χ0) is 17.1. The van der Waals surface area contributed by atoms with Crippen LogP contribution in [0.5, 0.6) is 0 Å². The van der Waals surface area contributed by atoms with Crippen molar-refractivity contribution in [2.45, 2.75) is 81.1 Å². The Labute approximate surface area is 139 Å². The van der Waals surface area contributed by atoms with Crippen LogP contribution in [-0.4, -0.2) is 0 Å². The normalized spacial score (nSPS) is 14.7. The third-order valence-corrected chi connectivity index (χ3v) is 6.47. The van der Waals surface area contributed by atoms with E-state index < -0.39 is 0 Å². The lowest BCUT2D eigenvalue weighted by Gasteiger charge is -2.44. The number of hydrogen-bond acceptors (Lipinski definition) is 0. The zero-order valence-corrected chi connectivity index (χ0v) is 16.5. The first-order valence-electron chi connectivity index (χ1n) is 9.11. The molecular formula is C22H38. The summed E-state index contributed by atoms with van der Waals surface area (Å²) in [6.45, 7) is 21.5. The molecule has 22 heavy (non-hydrogen) atoms. The lowest BCUT2D eigenvalue weighted by molar-refractivity contribution is 0.118. The third kappa shape index (κ3) is 4.37. The van der Waals surface area contributed by atoms with E-state index in [4.69, 9.17) is 0 Å². The second kappa shape index (κ2) is 7.20. The minimum Gasteiger partial charge on any atom is -0.0623 e. The second-order valence-corrected chi connectivity index (χ2v) is 8.97. The molecule has 0 amide bonds. The summed E-state index contributed by atoms with van der Waals surface area (Å²) in [5.74, 6) is 1.98. The molecule has 0 heteroatoms. The maximum atomic E-state index is 2.45. The Bertz CT molecular complexity index is 445. The van der Waals surface area contributed by atoms with Crippen molar-refractivity contribution in [2.24, 2.45) is 22.7 Å². The van der Waals surface area contributed by atoms with Crippen molar-refractivity contribution >= 4 is 0 Å². The van der Waals surface area contributed by atoms with E-state index in [0.717, 1.165) is 6.42 Å². The van der Waals surface area contributed by atoms with Crippen LogP contribution >= 0.6 is 0 Å². The molecule has 0 bridgehead atoms. The van der Waals surface area contributed by atoms with Crippen LogP contribution in [0.4, 0.5) is 0 Å². The smallest absolute Gasteiger partial charge is 0.0103 e. The highest BCUT2D eigenvalue weighted by molar-refractivity contribution is 5.27. The molecule has 0 saturated carbocycles. The lowest BCUT2D eigenvalue weighted by Crippen LogP contribution is -2.33. The Hall–Kier alpha value is -0.780. The zero-order valence-electron chi connectivity index (χ0n) is 16.5. The third-order valence-electron chi connectivity index (χ3n) is 6.47. The molecule has 0 aliphatic carbocycles. The highest BCUT2D eigenvalue weighted by Gasteiger charge is 2.38. The van der Waals surface area contributed by atoms with Crippen molar-refractivity contribution in [1.29, 1.82) is 0 Å². The van der Waals surface area contributed by atoms with Gasteiger partial charge in [-0.05, 0) is 52.6 Å². The highest BCUT2D eigenvalue weighted by Crippen LogP contribution is 2.49. The lowest BCUT2D eigenvalue weighted by atomic mass is 9.61. The molecular weight excluding hydrogens is 264 g/mol. The van der Waals surface area contributed by atoms with Gasteiger partial charge in [-0.2, -0.15) is 0 Å². The average molecular weight is 303 g/mol. The summed E-state index contributed by atoms with van der Waals surface area (Å²) in [4.78, 5) is 0. The van der Waals surface area contributed by atoms with Gasteiger partial charge in [-0.1, -0.05) is 86.6 Å². The number of rotatable bonds is 7. The van der Waals surface area contributed by atoms with Gasteiger partial charge in [0.2, 0.25) is 0 Å². The number of hydrogen-bond donors (Lipinski definition) is 0. The number of aryl methyl sites for hydroxylation is 1. The molecule has 0 nitrogen and oxygen atoms in total. The largest absolute Gasteiger partial charge is 0.0623 e. The Kier molecular flexibility index (Phi) is 6.30. The summed E-state index contributed by atoms with van der Waals surface area (Å²) in [5, 5.41) is 0. The molecule has 0 spiro atoms. The summed E-state index contributed by atoms with van der Waals surface area (Å²) in [6.07, 6.45) is 2.37. The first kappa shape index (κ1) is 19.3. The molecule has 0 fully saturated rings. The maximum absolute atomic E-state index is 2.45. The van der Waals surface area contributed by atoms with E-state index in [2.05, 4.69) is 86.6 Å². The van der Waals surface area contributed by atoms with Crippen LogP contribution < -0.4 is 0 Å². The van der Waals surface area contributed by atoms with Crippen LogP contribution in [0.1, 0.15) is 85.8 Å². The van der Waals surface area contributed by atoms with E-state index in [-0.39, 0.29) is 0 Å². The predicted molar refractivity (Wildman–Crippen MR) is 100 cm³/mol. The Morgan fingerprint density at radius 2 is 1.32 bits per heavy atom. The van der Waals surface area contributed by atoms with E-state index in [0.29, 0.717) is 28.6 Å². The standard InChI is InChI=1S/C22H38/c1-10-18-11-13-19(14-12-18)20(22(8,9)17(4)5)15-21(6,7)16(2)3/h11-14,16-17,20H,10,15H2,1-9H3. The quantitative estimate of drug-likeness (QED) is 0.504. The topological polar surface area (TPSA) is 0 Å². The molecule has 0 aliphatic rings. The minimum absolute atomic E-state index is 0.305. The van der Waals surface area contributed by atoms with Crippen LogP contribution in [-0.2, 0) is 6.42 Å². The molecule has 1 unspecified atom stereocenters. The van der Waals surface area contributed by atoms with Gasteiger partial charge < -0.3 is 0 Å². The molecule has 1 rings (SSSR count). The monoisotopic (exact) mass is 302 g/mol. The molecule has 1 atom stereocenters. The van der Waals surface area contributed by atoms with Crippen LogP contribution in [0.15, 0.2) is 24.3 Å². The fraction of sp³-hybridized carbons (Fsp3) is 0.727. The highest BCUT2D eigenvalue weighted by atomic mass is 14.4. The first-order chi connectivity index (χ1) is 10.0. The fourth-order valence-electron chi connectivity index (χ4n) is 2.96. The molecule has 126 valence electrons. The van der Waals surface area contributed by atoms with E-state index in [1.54, 1.807) is 0 Å². The molecule has 0 saturated heterocycles.